The molecule has 1 heterocycles. The first-order chi connectivity index (χ1) is 23.8. The Bertz CT molecular complexity index is 2490. The average Bonchev–Trinajstić information content (AvgIpc) is 3.50. The maximum atomic E-state index is 2.36. The molecule has 0 saturated carbocycles. The van der Waals surface area contributed by atoms with Gasteiger partial charge in [-0.25, -0.2) is 0 Å². The first kappa shape index (κ1) is 27.9. The molecule has 9 aromatic rings. The van der Waals surface area contributed by atoms with Gasteiger partial charge in [0, 0.05) is 33.5 Å². The van der Waals surface area contributed by atoms with Crippen LogP contribution < -0.4 is 4.90 Å². The Morgan fingerprint density at radius 1 is 0.312 bits per heavy atom. The van der Waals surface area contributed by atoms with Crippen LogP contribution >= 0.6 is 0 Å². The van der Waals surface area contributed by atoms with Crippen molar-refractivity contribution in [3.05, 3.63) is 194 Å². The zero-order valence-electron chi connectivity index (χ0n) is 26.4. The average molecular weight is 613 g/mol. The molecule has 0 aliphatic rings. The fourth-order valence-corrected chi connectivity index (χ4v) is 7.02. The molecule has 8 aromatic carbocycles. The molecule has 0 saturated heterocycles. The molecule has 1 aromatic heterocycles. The van der Waals surface area contributed by atoms with Gasteiger partial charge in [0.2, 0.25) is 0 Å². The Balaban J connectivity index is 1.09. The van der Waals surface area contributed by atoms with Crippen LogP contribution in [0.2, 0.25) is 0 Å². The lowest BCUT2D eigenvalue weighted by molar-refractivity contribution is 1.18. The fourth-order valence-electron chi connectivity index (χ4n) is 7.02. The van der Waals surface area contributed by atoms with Crippen LogP contribution in [0.5, 0.6) is 0 Å². The monoisotopic (exact) mass is 612 g/mol. The molecule has 0 aliphatic heterocycles. The smallest absolute Gasteiger partial charge is 0.0541 e. The summed E-state index contributed by atoms with van der Waals surface area (Å²) in [6.45, 7) is 0. The van der Waals surface area contributed by atoms with Crippen molar-refractivity contribution in [1.29, 1.82) is 0 Å². The van der Waals surface area contributed by atoms with Crippen LogP contribution in [0.15, 0.2) is 194 Å². The topological polar surface area (TPSA) is 8.17 Å². The predicted octanol–water partition coefficient (Wildman–Crippen LogP) is 12.7. The number of rotatable bonds is 6. The highest BCUT2D eigenvalue weighted by molar-refractivity contribution is 6.09. The molecular weight excluding hydrogens is 581 g/mol. The van der Waals surface area contributed by atoms with Gasteiger partial charge in [0.15, 0.2) is 0 Å². The van der Waals surface area contributed by atoms with Gasteiger partial charge in [-0.1, -0.05) is 133 Å². The summed E-state index contributed by atoms with van der Waals surface area (Å²) in [4.78, 5) is 2.36. The van der Waals surface area contributed by atoms with Gasteiger partial charge < -0.3 is 9.47 Å². The Morgan fingerprint density at radius 3 is 1.54 bits per heavy atom. The zero-order valence-corrected chi connectivity index (χ0v) is 26.4. The molecule has 2 nitrogen and oxygen atoms in total. The summed E-state index contributed by atoms with van der Waals surface area (Å²) in [5.41, 5.74) is 11.7. The molecule has 0 spiro atoms. The Hall–Kier alpha value is -6.38. The molecule has 226 valence electrons. The number of nitrogens with zero attached hydrogens (tertiary/aromatic N) is 2. The lowest BCUT2D eigenvalue weighted by atomic mass is 10.0. The van der Waals surface area contributed by atoms with E-state index in [0.717, 1.165) is 22.7 Å². The summed E-state index contributed by atoms with van der Waals surface area (Å²) >= 11 is 0. The normalized spacial score (nSPS) is 11.3. The molecule has 48 heavy (non-hydrogen) atoms. The SMILES string of the molecule is c1ccc(-c2cccc(N(c3ccc(-c4ccc(-n5c6ccccc6c6ccccc65)cc4)cc3)c3ccc4ccccc4c3)c2)cc1. The van der Waals surface area contributed by atoms with E-state index in [1.807, 2.05) is 0 Å². The van der Waals surface area contributed by atoms with Crippen molar-refractivity contribution in [3.8, 4) is 27.9 Å². The van der Waals surface area contributed by atoms with E-state index in [1.54, 1.807) is 0 Å². The van der Waals surface area contributed by atoms with Gasteiger partial charge in [-0.15, -0.1) is 0 Å². The molecule has 0 bridgehead atoms. The van der Waals surface area contributed by atoms with E-state index < -0.39 is 0 Å². The quantitative estimate of drug-likeness (QED) is 0.181. The molecule has 0 fully saturated rings. The van der Waals surface area contributed by atoms with Gasteiger partial charge in [-0.3, -0.25) is 0 Å². The Labute approximate surface area is 280 Å². The van der Waals surface area contributed by atoms with Crippen LogP contribution in [0.3, 0.4) is 0 Å². The molecule has 0 amide bonds. The van der Waals surface area contributed by atoms with Crippen LogP contribution in [0.4, 0.5) is 17.1 Å². The maximum absolute atomic E-state index is 2.36. The second-order valence-electron chi connectivity index (χ2n) is 12.2. The van der Waals surface area contributed by atoms with E-state index in [-0.39, 0.29) is 0 Å². The minimum atomic E-state index is 1.11. The van der Waals surface area contributed by atoms with Crippen LogP contribution in [0.25, 0.3) is 60.5 Å². The van der Waals surface area contributed by atoms with Crippen molar-refractivity contribution in [2.45, 2.75) is 0 Å². The van der Waals surface area contributed by atoms with E-state index in [2.05, 4.69) is 204 Å². The number of hydrogen-bond acceptors (Lipinski definition) is 1. The number of hydrogen-bond donors (Lipinski definition) is 0. The van der Waals surface area contributed by atoms with Crippen LogP contribution in [0, 0.1) is 0 Å². The number of aromatic nitrogens is 1. The first-order valence-corrected chi connectivity index (χ1v) is 16.4. The van der Waals surface area contributed by atoms with E-state index in [0.29, 0.717) is 0 Å². The van der Waals surface area contributed by atoms with Crippen LogP contribution in [-0.2, 0) is 0 Å². The molecule has 0 unspecified atom stereocenters. The van der Waals surface area contributed by atoms with E-state index in [1.165, 1.54) is 54.8 Å². The minimum absolute atomic E-state index is 1.11. The van der Waals surface area contributed by atoms with Crippen LogP contribution in [-0.4, -0.2) is 4.57 Å². The van der Waals surface area contributed by atoms with E-state index in [4.69, 9.17) is 0 Å². The summed E-state index contributed by atoms with van der Waals surface area (Å²) in [5.74, 6) is 0. The Kier molecular flexibility index (Phi) is 6.84. The third-order valence-electron chi connectivity index (χ3n) is 9.37. The summed E-state index contributed by atoms with van der Waals surface area (Å²) in [6, 6.07) is 69.9. The molecule has 0 radical (unpaired) electrons. The second-order valence-corrected chi connectivity index (χ2v) is 12.2. The highest BCUT2D eigenvalue weighted by Crippen LogP contribution is 2.39. The largest absolute Gasteiger partial charge is 0.310 e. The third kappa shape index (κ3) is 4.92. The van der Waals surface area contributed by atoms with E-state index in [9.17, 15) is 0 Å². The molecule has 0 aliphatic carbocycles. The third-order valence-corrected chi connectivity index (χ3v) is 9.37. The van der Waals surface area contributed by atoms with Crippen molar-refractivity contribution in [2.24, 2.45) is 0 Å². The number of fused-ring (bicyclic) bond motifs is 4. The van der Waals surface area contributed by atoms with Crippen molar-refractivity contribution in [2.75, 3.05) is 4.90 Å². The lowest BCUT2D eigenvalue weighted by Crippen LogP contribution is -2.10. The van der Waals surface area contributed by atoms with Gasteiger partial charge in [-0.2, -0.15) is 0 Å². The predicted molar refractivity (Wildman–Crippen MR) is 204 cm³/mol. The first-order valence-electron chi connectivity index (χ1n) is 16.4. The highest BCUT2D eigenvalue weighted by atomic mass is 15.1. The summed E-state index contributed by atoms with van der Waals surface area (Å²) in [5, 5.41) is 5.01. The molecule has 0 N–H and O–H groups in total. The van der Waals surface area contributed by atoms with Gasteiger partial charge >= 0.3 is 0 Å². The number of para-hydroxylation sites is 2. The number of anilines is 3. The van der Waals surface area contributed by atoms with E-state index >= 15 is 0 Å². The number of benzene rings is 8. The second kappa shape index (κ2) is 11.8. The van der Waals surface area contributed by atoms with Gasteiger partial charge in [0.25, 0.3) is 0 Å². The summed E-state index contributed by atoms with van der Waals surface area (Å²) in [7, 11) is 0. The van der Waals surface area contributed by atoms with Crippen molar-refractivity contribution < 1.29 is 0 Å². The minimum Gasteiger partial charge on any atom is -0.310 e. The fraction of sp³-hybridized carbons (Fsp3) is 0. The standard InChI is InChI=1S/C46H32N2/c1-2-11-33(12-3-1)38-15-10-16-41(31-38)47(42-30-25-34-13-4-5-14-37(34)32-42)39-26-21-35(22-27-39)36-23-28-40(29-24-36)48-45-19-8-6-17-43(45)44-18-7-9-20-46(44)48/h1-32H. The molecule has 9 rings (SSSR count). The maximum Gasteiger partial charge on any atom is 0.0541 e. The van der Waals surface area contributed by atoms with Crippen molar-refractivity contribution >= 4 is 49.6 Å². The molecule has 2 heteroatoms. The zero-order chi connectivity index (χ0) is 31.9. The Morgan fingerprint density at radius 2 is 0.833 bits per heavy atom. The lowest BCUT2D eigenvalue weighted by Gasteiger charge is -2.26. The summed E-state index contributed by atoms with van der Waals surface area (Å²) in [6.07, 6.45) is 0. The van der Waals surface area contributed by atoms with Crippen molar-refractivity contribution in [1.82, 2.24) is 4.57 Å². The van der Waals surface area contributed by atoms with Crippen LogP contribution in [0.1, 0.15) is 0 Å². The molecular formula is C46H32N2. The van der Waals surface area contributed by atoms with Gasteiger partial charge in [0.1, 0.15) is 0 Å². The van der Waals surface area contributed by atoms with Crippen molar-refractivity contribution in [3.63, 3.8) is 0 Å². The van der Waals surface area contributed by atoms with Gasteiger partial charge in [-0.05, 0) is 93.7 Å². The highest BCUT2D eigenvalue weighted by Gasteiger charge is 2.15. The molecule has 0 atom stereocenters. The summed E-state index contributed by atoms with van der Waals surface area (Å²) < 4.78 is 2.36. The van der Waals surface area contributed by atoms with Gasteiger partial charge in [0.05, 0.1) is 11.0 Å².